The quantitative estimate of drug-likeness (QED) is 0.447. The van der Waals surface area contributed by atoms with Gasteiger partial charge < -0.3 is 9.62 Å². The summed E-state index contributed by atoms with van der Waals surface area (Å²) >= 11 is 0. The van der Waals surface area contributed by atoms with Gasteiger partial charge in [-0.25, -0.2) is 4.39 Å². The maximum atomic E-state index is 13.0. The van der Waals surface area contributed by atoms with Gasteiger partial charge in [0.15, 0.2) is 11.1 Å². The van der Waals surface area contributed by atoms with Crippen LogP contribution in [-0.4, -0.2) is 30.2 Å². The van der Waals surface area contributed by atoms with Crippen LogP contribution in [0.3, 0.4) is 0 Å². The van der Waals surface area contributed by atoms with E-state index in [1.54, 1.807) is 36.1 Å². The first-order chi connectivity index (χ1) is 12.7. The van der Waals surface area contributed by atoms with Crippen molar-refractivity contribution in [2.45, 2.75) is 6.42 Å². The number of halogens is 1. The average Bonchev–Trinajstić information content (AvgIpc) is 3.12. The van der Waals surface area contributed by atoms with E-state index in [-0.39, 0.29) is 22.8 Å². The molecule has 0 fully saturated rings. The highest BCUT2D eigenvalue weighted by molar-refractivity contribution is 5.76. The van der Waals surface area contributed by atoms with Crippen molar-refractivity contribution >= 4 is 11.0 Å². The molecule has 4 rings (SSSR count). The Kier molecular flexibility index (Phi) is 3.88. The Labute approximate surface area is 146 Å². The van der Waals surface area contributed by atoms with E-state index in [0.717, 1.165) is 5.56 Å². The van der Waals surface area contributed by atoms with Gasteiger partial charge in [-0.05, 0) is 29.8 Å². The topological polar surface area (TPSA) is 102 Å². The smallest absolute Gasteiger partial charge is 0.270 e. The van der Waals surface area contributed by atoms with E-state index in [1.165, 1.54) is 12.1 Å². The predicted molar refractivity (Wildman–Crippen MR) is 88.4 cm³/mol. The Morgan fingerprint density at radius 2 is 2.00 bits per heavy atom. The van der Waals surface area contributed by atoms with Crippen LogP contribution in [0.15, 0.2) is 52.2 Å². The number of hydrogen-bond acceptors (Lipinski definition) is 7. The first-order valence-corrected chi connectivity index (χ1v) is 7.73. The molecule has 0 saturated carbocycles. The minimum atomic E-state index is -0.311. The lowest BCUT2D eigenvalue weighted by Gasteiger charge is -2.05. The molecule has 0 saturated heterocycles. The number of aromatic nitrogens is 5. The average molecular weight is 352 g/mol. The number of fused-ring (bicyclic) bond motifs is 1. The molecule has 9 heteroatoms. The summed E-state index contributed by atoms with van der Waals surface area (Å²) < 4.78 is 20.3. The highest BCUT2D eigenvalue weighted by atomic mass is 19.1. The summed E-state index contributed by atoms with van der Waals surface area (Å²) in [5, 5.41) is 25.2. The molecule has 0 atom stereocenters. The van der Waals surface area contributed by atoms with E-state index in [4.69, 9.17) is 4.42 Å². The summed E-state index contributed by atoms with van der Waals surface area (Å²) in [5.41, 5.74) is 2.20. The van der Waals surface area contributed by atoms with Crippen LogP contribution in [0.1, 0.15) is 11.5 Å². The molecule has 0 unspecified atom stereocenters. The van der Waals surface area contributed by atoms with Gasteiger partial charge in [-0.1, -0.05) is 17.3 Å². The summed E-state index contributed by atoms with van der Waals surface area (Å²) in [6, 6.07) is 9.59. The van der Waals surface area contributed by atoms with Gasteiger partial charge in [-0.3, -0.25) is 9.67 Å². The van der Waals surface area contributed by atoms with Crippen molar-refractivity contribution in [1.29, 1.82) is 0 Å². The SMILES string of the molecule is Cn1nc(-c2nnc(Cc3ccc(F)cc3)o2)/c(=N/O)c2ncccc21. The van der Waals surface area contributed by atoms with Gasteiger partial charge in [0.05, 0.1) is 11.9 Å². The maximum Gasteiger partial charge on any atom is 0.270 e. The molecular formula is C17H13FN6O2. The van der Waals surface area contributed by atoms with Gasteiger partial charge in [-0.2, -0.15) is 5.10 Å². The van der Waals surface area contributed by atoms with Crippen LogP contribution in [0.25, 0.3) is 22.6 Å². The van der Waals surface area contributed by atoms with Crippen LogP contribution >= 0.6 is 0 Å². The molecule has 0 radical (unpaired) electrons. The molecule has 0 aliphatic carbocycles. The molecule has 130 valence electrons. The van der Waals surface area contributed by atoms with Crippen molar-refractivity contribution in [3.05, 3.63) is 65.2 Å². The Morgan fingerprint density at radius 1 is 1.19 bits per heavy atom. The molecule has 1 N–H and O–H groups in total. The van der Waals surface area contributed by atoms with Gasteiger partial charge in [-0.15, -0.1) is 10.2 Å². The van der Waals surface area contributed by atoms with Crippen molar-refractivity contribution in [1.82, 2.24) is 25.0 Å². The molecule has 3 heterocycles. The third-order valence-corrected chi connectivity index (χ3v) is 3.87. The number of pyridine rings is 1. The molecule has 0 spiro atoms. The van der Waals surface area contributed by atoms with Crippen LogP contribution in [0.5, 0.6) is 0 Å². The Balaban J connectivity index is 1.77. The number of rotatable bonds is 3. The largest absolute Gasteiger partial charge is 0.419 e. The second kappa shape index (κ2) is 6.36. The molecule has 1 aromatic carbocycles. The van der Waals surface area contributed by atoms with Crippen molar-refractivity contribution in [2.24, 2.45) is 12.2 Å². The predicted octanol–water partition coefficient (Wildman–Crippen LogP) is 2.04. The van der Waals surface area contributed by atoms with Gasteiger partial charge in [0, 0.05) is 13.2 Å². The lowest BCUT2D eigenvalue weighted by Crippen LogP contribution is -2.17. The standard InChI is InChI=1S/C17H13FN6O2/c1-24-12-3-2-8-19-14(12)15(23-25)16(22-24)17-21-20-13(26-17)9-10-4-6-11(18)7-5-10/h2-8,25H,9H2,1H3/b23-15+. The van der Waals surface area contributed by atoms with Crippen molar-refractivity contribution in [3.8, 4) is 11.6 Å². The Hall–Kier alpha value is -3.62. The molecule has 0 amide bonds. The van der Waals surface area contributed by atoms with E-state index < -0.39 is 0 Å². The molecule has 8 nitrogen and oxygen atoms in total. The molecular weight excluding hydrogens is 339 g/mol. The van der Waals surface area contributed by atoms with Gasteiger partial charge in [0.2, 0.25) is 5.89 Å². The fourth-order valence-electron chi connectivity index (χ4n) is 2.64. The second-order valence-electron chi connectivity index (χ2n) is 5.60. The summed E-state index contributed by atoms with van der Waals surface area (Å²) in [6.45, 7) is 0. The fourth-order valence-corrected chi connectivity index (χ4v) is 2.64. The molecule has 0 aliphatic rings. The zero-order valence-electron chi connectivity index (χ0n) is 13.7. The number of nitrogens with zero attached hydrogens (tertiary/aromatic N) is 6. The number of hydrogen-bond donors (Lipinski definition) is 1. The fraction of sp³-hybridized carbons (Fsp3) is 0.118. The summed E-state index contributed by atoms with van der Waals surface area (Å²) in [6.07, 6.45) is 1.94. The van der Waals surface area contributed by atoms with Crippen molar-refractivity contribution < 1.29 is 14.0 Å². The van der Waals surface area contributed by atoms with Crippen molar-refractivity contribution in [3.63, 3.8) is 0 Å². The van der Waals surface area contributed by atoms with Crippen LogP contribution < -0.4 is 5.36 Å². The zero-order chi connectivity index (χ0) is 18.1. The van der Waals surface area contributed by atoms with E-state index >= 15 is 0 Å². The highest BCUT2D eigenvalue weighted by Crippen LogP contribution is 2.17. The van der Waals surface area contributed by atoms with E-state index in [2.05, 4.69) is 25.4 Å². The van der Waals surface area contributed by atoms with E-state index in [1.807, 2.05) is 6.07 Å². The normalized spacial score (nSPS) is 12.0. The number of benzene rings is 1. The zero-order valence-corrected chi connectivity index (χ0v) is 13.7. The molecule has 3 aromatic heterocycles. The van der Waals surface area contributed by atoms with Gasteiger partial charge in [0.1, 0.15) is 11.3 Å². The molecule has 26 heavy (non-hydrogen) atoms. The van der Waals surface area contributed by atoms with Crippen LogP contribution in [-0.2, 0) is 13.5 Å². The first kappa shape index (κ1) is 15.9. The third kappa shape index (κ3) is 2.79. The molecule has 0 bridgehead atoms. The minimum Gasteiger partial charge on any atom is -0.419 e. The van der Waals surface area contributed by atoms with Crippen molar-refractivity contribution in [2.75, 3.05) is 0 Å². The monoisotopic (exact) mass is 352 g/mol. The Morgan fingerprint density at radius 3 is 2.77 bits per heavy atom. The van der Waals surface area contributed by atoms with E-state index in [9.17, 15) is 9.60 Å². The van der Waals surface area contributed by atoms with Crippen LogP contribution in [0.4, 0.5) is 4.39 Å². The third-order valence-electron chi connectivity index (χ3n) is 3.87. The maximum absolute atomic E-state index is 13.0. The van der Waals surface area contributed by atoms with Crippen LogP contribution in [0, 0.1) is 5.82 Å². The Bertz CT molecular complexity index is 1150. The number of aryl methyl sites for hydroxylation is 1. The van der Waals surface area contributed by atoms with Gasteiger partial charge in [0.25, 0.3) is 5.89 Å². The summed E-state index contributed by atoms with van der Waals surface area (Å²) in [5.74, 6) is 0.133. The minimum absolute atomic E-state index is 0.109. The molecule has 0 aliphatic heterocycles. The summed E-state index contributed by atoms with van der Waals surface area (Å²) in [7, 11) is 1.74. The first-order valence-electron chi connectivity index (χ1n) is 7.73. The highest BCUT2D eigenvalue weighted by Gasteiger charge is 2.17. The summed E-state index contributed by atoms with van der Waals surface area (Å²) in [4.78, 5) is 4.24. The second-order valence-corrected chi connectivity index (χ2v) is 5.60. The molecule has 4 aromatic rings. The van der Waals surface area contributed by atoms with Gasteiger partial charge >= 0.3 is 0 Å². The van der Waals surface area contributed by atoms with E-state index in [0.29, 0.717) is 23.3 Å². The lowest BCUT2D eigenvalue weighted by molar-refractivity contribution is 0.302. The lowest BCUT2D eigenvalue weighted by atomic mass is 10.1. The van der Waals surface area contributed by atoms with Crippen LogP contribution in [0.2, 0.25) is 0 Å².